The minimum Gasteiger partial charge on any atom is -0.354 e. The Bertz CT molecular complexity index is 460. The number of benzene rings is 2. The van der Waals surface area contributed by atoms with Crippen molar-refractivity contribution in [2.75, 3.05) is 9.96 Å². The normalized spacial score (nSPS) is 9.88. The monoisotopic (exact) mass is 236 g/mol. The van der Waals surface area contributed by atoms with Crippen LogP contribution < -0.4 is 9.96 Å². The Morgan fingerprint density at radius 2 is 1.56 bits per heavy atom. The van der Waals surface area contributed by atoms with Gasteiger partial charge in [0.15, 0.2) is 0 Å². The van der Waals surface area contributed by atoms with Crippen LogP contribution in [0.3, 0.4) is 0 Å². The molecule has 0 amide bonds. The number of para-hydroxylation sites is 3. The minimum atomic E-state index is 0.0747. The molecule has 0 saturated heterocycles. The summed E-state index contributed by atoms with van der Waals surface area (Å²) in [6, 6.07) is 16.4. The summed E-state index contributed by atoms with van der Waals surface area (Å²) in [5.74, 6) is 0. The summed E-state index contributed by atoms with van der Waals surface area (Å²) in [5, 5.41) is 3.09. The van der Waals surface area contributed by atoms with Gasteiger partial charge in [0.2, 0.25) is 0 Å². The number of nitrogens with zero attached hydrogens (tertiary/aromatic N) is 1. The van der Waals surface area contributed by atoms with Crippen molar-refractivity contribution >= 4 is 28.8 Å². The van der Waals surface area contributed by atoms with Gasteiger partial charge in [0.25, 0.3) is 0 Å². The maximum absolute atomic E-state index is 13.0. The van der Waals surface area contributed by atoms with E-state index in [0.29, 0.717) is 5.69 Å². The molecule has 0 fully saturated rings. The van der Waals surface area contributed by atoms with E-state index in [1.54, 1.807) is 18.2 Å². The van der Waals surface area contributed by atoms with E-state index in [0.717, 1.165) is 5.69 Å². The number of halogens is 2. The van der Waals surface area contributed by atoms with Gasteiger partial charge in [-0.25, -0.2) is 0 Å². The number of hydrogen-bond donors (Lipinski definition) is 1. The van der Waals surface area contributed by atoms with Gasteiger partial charge in [-0.1, -0.05) is 34.8 Å². The van der Waals surface area contributed by atoms with Crippen LogP contribution in [0.1, 0.15) is 0 Å². The second-order valence-electron chi connectivity index (χ2n) is 3.24. The van der Waals surface area contributed by atoms with Gasteiger partial charge < -0.3 is 5.32 Å². The Morgan fingerprint density at radius 3 is 2.25 bits per heavy atom. The fraction of sp³-hybridized carbons (Fsp3) is 0. The summed E-state index contributed by atoms with van der Waals surface area (Å²) in [6.45, 7) is 0. The lowest BCUT2D eigenvalue weighted by Gasteiger charge is -2.12. The molecule has 16 heavy (non-hydrogen) atoms. The first-order valence-electron chi connectivity index (χ1n) is 4.80. The van der Waals surface area contributed by atoms with Crippen molar-refractivity contribution in [1.82, 2.24) is 0 Å². The predicted molar refractivity (Wildman–Crippen MR) is 65.6 cm³/mol. The van der Waals surface area contributed by atoms with Crippen LogP contribution in [0.5, 0.6) is 0 Å². The molecular weight excluding hydrogens is 227 g/mol. The molecule has 2 aromatic carbocycles. The van der Waals surface area contributed by atoms with E-state index < -0.39 is 0 Å². The van der Waals surface area contributed by atoms with E-state index in [-0.39, 0.29) is 10.3 Å². The largest absolute Gasteiger partial charge is 0.354 e. The van der Waals surface area contributed by atoms with E-state index in [1.807, 2.05) is 36.4 Å². The smallest absolute Gasteiger partial charge is 0.111 e. The van der Waals surface area contributed by atoms with E-state index >= 15 is 0 Å². The molecule has 0 atom stereocenters. The van der Waals surface area contributed by atoms with Gasteiger partial charge in [-0.15, -0.1) is 4.64 Å². The van der Waals surface area contributed by atoms with Crippen LogP contribution in [-0.4, -0.2) is 0 Å². The Hall–Kier alpha value is -1.74. The van der Waals surface area contributed by atoms with Crippen molar-refractivity contribution in [1.29, 1.82) is 0 Å². The Morgan fingerprint density at radius 1 is 0.938 bits per heavy atom. The van der Waals surface area contributed by atoms with E-state index in [9.17, 15) is 4.48 Å². The highest BCUT2D eigenvalue weighted by Crippen LogP contribution is 2.29. The summed E-state index contributed by atoms with van der Waals surface area (Å²) in [5.41, 5.74) is 1.78. The van der Waals surface area contributed by atoms with Crippen LogP contribution >= 0.6 is 11.8 Å². The topological polar surface area (TPSA) is 15.3 Å². The van der Waals surface area contributed by atoms with Crippen molar-refractivity contribution in [2.24, 2.45) is 0 Å². The SMILES string of the molecule is FN(Cl)c1ccccc1Nc1ccccc1. The molecule has 0 spiro atoms. The van der Waals surface area contributed by atoms with Gasteiger partial charge >= 0.3 is 0 Å². The van der Waals surface area contributed by atoms with Gasteiger partial charge in [-0.3, -0.25) is 0 Å². The van der Waals surface area contributed by atoms with Gasteiger partial charge in [-0.2, -0.15) is 0 Å². The molecule has 0 saturated carbocycles. The number of hydrogen-bond acceptors (Lipinski definition) is 2. The van der Waals surface area contributed by atoms with Gasteiger partial charge in [-0.05, 0) is 24.3 Å². The van der Waals surface area contributed by atoms with Gasteiger partial charge in [0, 0.05) is 17.5 Å². The molecule has 2 rings (SSSR count). The molecule has 4 heteroatoms. The average Bonchev–Trinajstić information content (AvgIpc) is 2.31. The quantitative estimate of drug-likeness (QED) is 0.801. The molecule has 2 nitrogen and oxygen atoms in total. The molecule has 0 heterocycles. The van der Waals surface area contributed by atoms with E-state index in [2.05, 4.69) is 5.32 Å². The fourth-order valence-corrected chi connectivity index (χ4v) is 1.55. The highest BCUT2D eigenvalue weighted by Gasteiger charge is 2.07. The lowest BCUT2D eigenvalue weighted by atomic mass is 10.2. The van der Waals surface area contributed by atoms with Crippen LogP contribution in [0, 0.1) is 0 Å². The second kappa shape index (κ2) is 4.86. The first kappa shape index (κ1) is 10.8. The maximum atomic E-state index is 13.0. The lowest BCUT2D eigenvalue weighted by Crippen LogP contribution is -1.99. The first-order chi connectivity index (χ1) is 7.77. The first-order valence-corrected chi connectivity index (χ1v) is 5.14. The molecule has 0 unspecified atom stereocenters. The van der Waals surface area contributed by atoms with E-state index in [1.165, 1.54) is 0 Å². The molecule has 0 radical (unpaired) electrons. The van der Waals surface area contributed by atoms with Crippen LogP contribution in [0.25, 0.3) is 0 Å². The highest BCUT2D eigenvalue weighted by atomic mass is 35.5. The minimum absolute atomic E-state index is 0.0747. The van der Waals surface area contributed by atoms with Crippen molar-refractivity contribution < 1.29 is 4.48 Å². The summed E-state index contributed by atoms with van der Waals surface area (Å²) in [6.07, 6.45) is 0. The molecule has 0 aromatic heterocycles. The molecule has 0 aliphatic rings. The van der Waals surface area contributed by atoms with E-state index in [4.69, 9.17) is 11.8 Å². The van der Waals surface area contributed by atoms with Gasteiger partial charge in [0.05, 0.1) is 5.69 Å². The van der Waals surface area contributed by atoms with Crippen LogP contribution in [0.15, 0.2) is 54.6 Å². The van der Waals surface area contributed by atoms with Crippen molar-refractivity contribution in [2.45, 2.75) is 0 Å². The number of rotatable bonds is 3. The Kier molecular flexibility index (Phi) is 3.27. The van der Waals surface area contributed by atoms with Crippen LogP contribution in [0.2, 0.25) is 0 Å². The average molecular weight is 237 g/mol. The summed E-state index contributed by atoms with van der Waals surface area (Å²) in [4.78, 5) is 0. The molecule has 1 N–H and O–H groups in total. The third-order valence-corrected chi connectivity index (χ3v) is 2.32. The third-order valence-electron chi connectivity index (χ3n) is 2.14. The van der Waals surface area contributed by atoms with Crippen molar-refractivity contribution in [3.05, 3.63) is 54.6 Å². The molecule has 0 bridgehead atoms. The zero-order valence-electron chi connectivity index (χ0n) is 8.40. The molecule has 82 valence electrons. The zero-order valence-corrected chi connectivity index (χ0v) is 9.16. The summed E-state index contributed by atoms with van der Waals surface area (Å²) in [7, 11) is 0. The maximum Gasteiger partial charge on any atom is 0.111 e. The van der Waals surface area contributed by atoms with Crippen molar-refractivity contribution in [3.8, 4) is 0 Å². The van der Waals surface area contributed by atoms with Crippen LogP contribution in [-0.2, 0) is 0 Å². The number of nitrogens with one attached hydrogen (secondary N) is 1. The molecule has 0 aliphatic heterocycles. The zero-order chi connectivity index (χ0) is 11.4. The van der Waals surface area contributed by atoms with Crippen LogP contribution in [0.4, 0.5) is 21.5 Å². The second-order valence-corrected chi connectivity index (χ2v) is 3.54. The Labute approximate surface area is 98.3 Å². The molecule has 0 aliphatic carbocycles. The Balaban J connectivity index is 2.28. The lowest BCUT2D eigenvalue weighted by molar-refractivity contribution is 0.540. The summed E-state index contributed by atoms with van der Waals surface area (Å²) < 4.78 is 13.0. The third kappa shape index (κ3) is 2.44. The van der Waals surface area contributed by atoms with Gasteiger partial charge in [0.1, 0.15) is 5.69 Å². The summed E-state index contributed by atoms with van der Waals surface area (Å²) >= 11 is 5.30. The highest BCUT2D eigenvalue weighted by molar-refractivity contribution is 6.25. The van der Waals surface area contributed by atoms with Crippen molar-refractivity contribution in [3.63, 3.8) is 0 Å². The molecule has 2 aromatic rings. The fourth-order valence-electron chi connectivity index (χ4n) is 1.40. The number of anilines is 3. The standard InChI is InChI=1S/C12H10ClFN2/c13-16(14)12-9-5-4-8-11(12)15-10-6-2-1-3-7-10/h1-9,15H. The molecular formula is C12H10ClFN2. The predicted octanol–water partition coefficient (Wildman–Crippen LogP) is 4.27.